The second-order valence-electron chi connectivity index (χ2n) is 5.77. The normalized spacial score (nSPS) is 14.4. The summed E-state index contributed by atoms with van der Waals surface area (Å²) in [5.74, 6) is -0.271. The number of anilines is 1. The predicted octanol–water partition coefficient (Wildman–Crippen LogP) is 3.58. The number of amides is 1. The average Bonchev–Trinajstić information content (AvgIpc) is 3.13. The Labute approximate surface area is 144 Å². The van der Waals surface area contributed by atoms with Crippen LogP contribution in [0.25, 0.3) is 0 Å². The van der Waals surface area contributed by atoms with Gasteiger partial charge in [-0.15, -0.1) is 11.3 Å². The third-order valence-corrected chi connectivity index (χ3v) is 5.01. The van der Waals surface area contributed by atoms with Gasteiger partial charge in [0, 0.05) is 30.1 Å². The standard InChI is InChI=1S/C17H19N3O3S/c21-17(18-12-14-5-4-10-24-14)15-11-13(20(22)23)6-7-16(15)19-8-2-1-3-9-19/h4-7,10-11H,1-3,8-9,12H2,(H,18,21). The molecule has 1 aromatic carbocycles. The molecule has 1 aliphatic heterocycles. The van der Waals surface area contributed by atoms with Crippen LogP contribution in [0.15, 0.2) is 35.7 Å². The van der Waals surface area contributed by atoms with Gasteiger partial charge < -0.3 is 10.2 Å². The quantitative estimate of drug-likeness (QED) is 0.664. The number of hydrogen-bond acceptors (Lipinski definition) is 5. The lowest BCUT2D eigenvalue weighted by molar-refractivity contribution is -0.384. The third-order valence-electron chi connectivity index (χ3n) is 4.14. The molecule has 1 amide bonds. The number of nitrogens with zero attached hydrogens (tertiary/aromatic N) is 2. The number of thiophene rings is 1. The van der Waals surface area contributed by atoms with Gasteiger partial charge in [0.1, 0.15) is 0 Å². The topological polar surface area (TPSA) is 75.5 Å². The van der Waals surface area contributed by atoms with Gasteiger partial charge in [-0.05, 0) is 36.8 Å². The molecule has 3 rings (SSSR count). The first kappa shape index (κ1) is 16.4. The summed E-state index contributed by atoms with van der Waals surface area (Å²) in [6.07, 6.45) is 3.34. The molecule has 0 aliphatic carbocycles. The van der Waals surface area contributed by atoms with Crippen LogP contribution < -0.4 is 10.2 Å². The van der Waals surface area contributed by atoms with Crippen molar-refractivity contribution in [2.24, 2.45) is 0 Å². The molecule has 1 aromatic heterocycles. The molecule has 0 spiro atoms. The Morgan fingerprint density at radius 2 is 2.04 bits per heavy atom. The van der Waals surface area contributed by atoms with Crippen LogP contribution in [-0.2, 0) is 6.54 Å². The van der Waals surface area contributed by atoms with Crippen LogP contribution in [0.5, 0.6) is 0 Å². The van der Waals surface area contributed by atoms with E-state index in [4.69, 9.17) is 0 Å². The van der Waals surface area contributed by atoms with Crippen molar-refractivity contribution in [3.05, 3.63) is 56.3 Å². The van der Waals surface area contributed by atoms with E-state index >= 15 is 0 Å². The van der Waals surface area contributed by atoms with Crippen LogP contribution in [-0.4, -0.2) is 23.9 Å². The Morgan fingerprint density at radius 1 is 1.25 bits per heavy atom. The minimum absolute atomic E-state index is 0.0583. The smallest absolute Gasteiger partial charge is 0.270 e. The number of carbonyl (C=O) groups excluding carboxylic acids is 1. The van der Waals surface area contributed by atoms with Crippen LogP contribution in [0, 0.1) is 10.1 Å². The first-order valence-corrected chi connectivity index (χ1v) is 8.87. The van der Waals surface area contributed by atoms with Crippen LogP contribution in [0.4, 0.5) is 11.4 Å². The summed E-state index contributed by atoms with van der Waals surface area (Å²) >= 11 is 1.57. The minimum Gasteiger partial charge on any atom is -0.371 e. The SMILES string of the molecule is O=C(NCc1cccs1)c1cc([N+](=O)[O-])ccc1N1CCCCC1. The van der Waals surface area contributed by atoms with Crippen molar-refractivity contribution < 1.29 is 9.72 Å². The highest BCUT2D eigenvalue weighted by Gasteiger charge is 2.21. The summed E-state index contributed by atoms with van der Waals surface area (Å²) in [6, 6.07) is 8.43. The molecular formula is C17H19N3O3S. The highest BCUT2D eigenvalue weighted by atomic mass is 32.1. The number of benzene rings is 1. The summed E-state index contributed by atoms with van der Waals surface area (Å²) in [4.78, 5) is 26.4. The van der Waals surface area contributed by atoms with Crippen molar-refractivity contribution in [1.29, 1.82) is 0 Å². The van der Waals surface area contributed by atoms with Gasteiger partial charge in [0.15, 0.2) is 0 Å². The zero-order valence-corrected chi connectivity index (χ0v) is 14.1. The molecule has 1 N–H and O–H groups in total. The number of nitrogens with one attached hydrogen (secondary N) is 1. The predicted molar refractivity (Wildman–Crippen MR) is 94.6 cm³/mol. The minimum atomic E-state index is -0.462. The van der Waals surface area contributed by atoms with E-state index in [1.54, 1.807) is 17.4 Å². The van der Waals surface area contributed by atoms with Gasteiger partial charge in [-0.1, -0.05) is 6.07 Å². The lowest BCUT2D eigenvalue weighted by Gasteiger charge is -2.30. The Balaban J connectivity index is 1.85. The largest absolute Gasteiger partial charge is 0.371 e. The Kier molecular flexibility index (Phi) is 5.10. The molecule has 126 valence electrons. The summed E-state index contributed by atoms with van der Waals surface area (Å²) < 4.78 is 0. The van der Waals surface area contributed by atoms with E-state index in [9.17, 15) is 14.9 Å². The van der Waals surface area contributed by atoms with E-state index in [2.05, 4.69) is 10.2 Å². The number of carbonyl (C=O) groups is 1. The molecule has 24 heavy (non-hydrogen) atoms. The Hall–Kier alpha value is -2.41. The van der Waals surface area contributed by atoms with Crippen LogP contribution in [0.3, 0.4) is 0 Å². The molecule has 2 heterocycles. The fraction of sp³-hybridized carbons (Fsp3) is 0.353. The number of rotatable bonds is 5. The average molecular weight is 345 g/mol. The van der Waals surface area contributed by atoms with Gasteiger partial charge >= 0.3 is 0 Å². The molecule has 1 aliphatic rings. The summed E-state index contributed by atoms with van der Waals surface area (Å²) in [5.41, 5.74) is 1.10. The molecule has 0 unspecified atom stereocenters. The van der Waals surface area contributed by atoms with Gasteiger partial charge in [-0.3, -0.25) is 14.9 Å². The molecule has 2 aromatic rings. The van der Waals surface area contributed by atoms with Crippen molar-refractivity contribution in [2.75, 3.05) is 18.0 Å². The maximum absolute atomic E-state index is 12.6. The van der Waals surface area contributed by atoms with E-state index in [1.165, 1.54) is 18.6 Å². The van der Waals surface area contributed by atoms with E-state index in [-0.39, 0.29) is 11.6 Å². The second kappa shape index (κ2) is 7.44. The maximum Gasteiger partial charge on any atom is 0.270 e. The molecule has 0 radical (unpaired) electrons. The highest BCUT2D eigenvalue weighted by molar-refractivity contribution is 7.09. The summed E-state index contributed by atoms with van der Waals surface area (Å²) in [7, 11) is 0. The van der Waals surface area contributed by atoms with Crippen LogP contribution >= 0.6 is 11.3 Å². The van der Waals surface area contributed by atoms with E-state index < -0.39 is 4.92 Å². The third kappa shape index (κ3) is 3.73. The van der Waals surface area contributed by atoms with Gasteiger partial charge in [0.2, 0.25) is 0 Å². The van der Waals surface area contributed by atoms with E-state index in [1.807, 2.05) is 17.5 Å². The van der Waals surface area contributed by atoms with Crippen molar-refractivity contribution >= 4 is 28.6 Å². The van der Waals surface area contributed by atoms with Crippen molar-refractivity contribution in [3.8, 4) is 0 Å². The zero-order chi connectivity index (χ0) is 16.9. The Morgan fingerprint density at radius 3 is 2.71 bits per heavy atom. The lowest BCUT2D eigenvalue weighted by atomic mass is 10.1. The zero-order valence-electron chi connectivity index (χ0n) is 13.2. The van der Waals surface area contributed by atoms with Crippen LogP contribution in [0.2, 0.25) is 0 Å². The Bertz CT molecular complexity index is 725. The first-order chi connectivity index (χ1) is 11.6. The number of piperidine rings is 1. The number of non-ortho nitro benzene ring substituents is 1. The molecule has 1 fully saturated rings. The molecule has 7 heteroatoms. The highest BCUT2D eigenvalue weighted by Crippen LogP contribution is 2.28. The first-order valence-electron chi connectivity index (χ1n) is 7.99. The summed E-state index contributed by atoms with van der Waals surface area (Å²) in [5, 5.41) is 15.9. The molecule has 6 nitrogen and oxygen atoms in total. The molecule has 0 atom stereocenters. The van der Waals surface area contributed by atoms with E-state index in [0.29, 0.717) is 12.1 Å². The fourth-order valence-electron chi connectivity index (χ4n) is 2.91. The van der Waals surface area contributed by atoms with Gasteiger partial charge in [-0.25, -0.2) is 0 Å². The number of nitro benzene ring substituents is 1. The molecule has 0 bridgehead atoms. The molecule has 1 saturated heterocycles. The van der Waals surface area contributed by atoms with Crippen LogP contribution in [0.1, 0.15) is 34.5 Å². The van der Waals surface area contributed by atoms with Gasteiger partial charge in [0.05, 0.1) is 22.7 Å². The lowest BCUT2D eigenvalue weighted by Crippen LogP contribution is -2.32. The van der Waals surface area contributed by atoms with Crippen molar-refractivity contribution in [3.63, 3.8) is 0 Å². The fourth-order valence-corrected chi connectivity index (χ4v) is 3.55. The van der Waals surface area contributed by atoms with Crippen molar-refractivity contribution in [2.45, 2.75) is 25.8 Å². The van der Waals surface area contributed by atoms with Gasteiger partial charge in [0.25, 0.3) is 11.6 Å². The summed E-state index contributed by atoms with van der Waals surface area (Å²) in [6.45, 7) is 2.19. The van der Waals surface area contributed by atoms with Gasteiger partial charge in [-0.2, -0.15) is 0 Å². The van der Waals surface area contributed by atoms with E-state index in [0.717, 1.165) is 36.5 Å². The maximum atomic E-state index is 12.6. The molecule has 0 saturated carbocycles. The number of nitro groups is 1. The second-order valence-corrected chi connectivity index (χ2v) is 6.80. The number of hydrogen-bond donors (Lipinski definition) is 1. The monoisotopic (exact) mass is 345 g/mol. The molecular weight excluding hydrogens is 326 g/mol. The van der Waals surface area contributed by atoms with Crippen molar-refractivity contribution in [1.82, 2.24) is 5.32 Å².